The summed E-state index contributed by atoms with van der Waals surface area (Å²) < 4.78 is 6.20. The van der Waals surface area contributed by atoms with Gasteiger partial charge in [-0.1, -0.05) is 35.7 Å². The van der Waals surface area contributed by atoms with Crippen LogP contribution in [0.15, 0.2) is 22.7 Å². The van der Waals surface area contributed by atoms with Crippen LogP contribution in [0.2, 0.25) is 0 Å². The highest BCUT2D eigenvalue weighted by Gasteiger charge is 2.27. The van der Waals surface area contributed by atoms with E-state index < -0.39 is 0 Å². The lowest BCUT2D eigenvalue weighted by Gasteiger charge is -2.30. The van der Waals surface area contributed by atoms with Gasteiger partial charge in [-0.3, -0.25) is 0 Å². The number of aliphatic hydroxyl groups excluding tert-OH is 1. The maximum atomic E-state index is 10.5. The first-order chi connectivity index (χ1) is 8.61. The summed E-state index contributed by atoms with van der Waals surface area (Å²) in [5.41, 5.74) is 0.953. The first-order valence-electron chi connectivity index (χ1n) is 6.63. The fourth-order valence-electron chi connectivity index (χ4n) is 2.73. The van der Waals surface area contributed by atoms with Crippen LogP contribution >= 0.6 is 15.9 Å². The molecular weight excluding hydrogens is 292 g/mol. The van der Waals surface area contributed by atoms with Crippen LogP contribution in [0.25, 0.3) is 0 Å². The van der Waals surface area contributed by atoms with Gasteiger partial charge in [0, 0.05) is 4.47 Å². The summed E-state index contributed by atoms with van der Waals surface area (Å²) in [5.74, 6) is 1.99. The summed E-state index contributed by atoms with van der Waals surface area (Å²) in [7, 11) is 1.65. The highest BCUT2D eigenvalue weighted by atomic mass is 79.9. The molecule has 1 aliphatic carbocycles. The summed E-state index contributed by atoms with van der Waals surface area (Å²) in [4.78, 5) is 0. The van der Waals surface area contributed by atoms with Crippen molar-refractivity contribution in [3.8, 4) is 5.75 Å². The van der Waals surface area contributed by atoms with Gasteiger partial charge in [0.25, 0.3) is 0 Å². The fourth-order valence-corrected chi connectivity index (χ4v) is 3.21. The van der Waals surface area contributed by atoms with Crippen molar-refractivity contribution in [1.29, 1.82) is 0 Å². The van der Waals surface area contributed by atoms with Gasteiger partial charge in [0.05, 0.1) is 13.2 Å². The number of halogens is 1. The van der Waals surface area contributed by atoms with Crippen molar-refractivity contribution in [3.05, 3.63) is 28.2 Å². The van der Waals surface area contributed by atoms with Gasteiger partial charge in [-0.2, -0.15) is 0 Å². The minimum Gasteiger partial charge on any atom is -0.497 e. The largest absolute Gasteiger partial charge is 0.497 e. The van der Waals surface area contributed by atoms with Gasteiger partial charge in [0.15, 0.2) is 0 Å². The molecule has 1 unspecified atom stereocenters. The lowest BCUT2D eigenvalue weighted by Crippen LogP contribution is -2.19. The van der Waals surface area contributed by atoms with E-state index in [-0.39, 0.29) is 6.10 Å². The van der Waals surface area contributed by atoms with E-state index in [1.54, 1.807) is 7.11 Å². The van der Waals surface area contributed by atoms with Gasteiger partial charge in [0.2, 0.25) is 0 Å². The van der Waals surface area contributed by atoms with E-state index in [4.69, 9.17) is 4.74 Å². The third kappa shape index (κ3) is 3.07. The van der Waals surface area contributed by atoms with Crippen molar-refractivity contribution >= 4 is 15.9 Å². The predicted molar refractivity (Wildman–Crippen MR) is 76.8 cm³/mol. The Hall–Kier alpha value is -0.540. The number of ether oxygens (including phenoxy) is 1. The molecule has 1 aliphatic rings. The van der Waals surface area contributed by atoms with Crippen molar-refractivity contribution in [2.24, 2.45) is 11.8 Å². The Labute approximate surface area is 117 Å². The molecule has 1 N–H and O–H groups in total. The van der Waals surface area contributed by atoms with Crippen LogP contribution in [-0.2, 0) is 0 Å². The highest BCUT2D eigenvalue weighted by Crippen LogP contribution is 2.39. The Morgan fingerprint density at radius 2 is 1.94 bits per heavy atom. The molecule has 1 atom stereocenters. The summed E-state index contributed by atoms with van der Waals surface area (Å²) in [6.45, 7) is 2.30. The van der Waals surface area contributed by atoms with Gasteiger partial charge in [0.1, 0.15) is 5.75 Å². The Kier molecular flexibility index (Phi) is 4.68. The van der Waals surface area contributed by atoms with Crippen LogP contribution in [0.1, 0.15) is 44.3 Å². The number of aliphatic hydroxyl groups is 1. The van der Waals surface area contributed by atoms with E-state index in [2.05, 4.69) is 22.9 Å². The van der Waals surface area contributed by atoms with Crippen molar-refractivity contribution in [1.82, 2.24) is 0 Å². The van der Waals surface area contributed by atoms with Crippen LogP contribution in [0.4, 0.5) is 0 Å². The second-order valence-corrected chi connectivity index (χ2v) is 6.21. The molecule has 0 spiro atoms. The molecule has 3 heteroatoms. The third-order valence-electron chi connectivity index (χ3n) is 4.03. The number of hydrogen-bond donors (Lipinski definition) is 1. The van der Waals surface area contributed by atoms with Gasteiger partial charge in [-0.15, -0.1) is 0 Å². The van der Waals surface area contributed by atoms with Gasteiger partial charge >= 0.3 is 0 Å². The Bertz CT molecular complexity index is 397. The molecule has 1 aromatic rings. The maximum absolute atomic E-state index is 10.5. The lowest BCUT2D eigenvalue weighted by molar-refractivity contribution is 0.0748. The highest BCUT2D eigenvalue weighted by molar-refractivity contribution is 9.10. The molecule has 18 heavy (non-hydrogen) atoms. The zero-order valence-electron chi connectivity index (χ0n) is 11.0. The molecule has 2 rings (SSSR count). The Morgan fingerprint density at radius 1 is 1.28 bits per heavy atom. The average molecular weight is 313 g/mol. The predicted octanol–water partition coefficient (Wildman–Crippen LogP) is 4.32. The van der Waals surface area contributed by atoms with Crippen LogP contribution in [-0.4, -0.2) is 12.2 Å². The Balaban J connectivity index is 2.14. The van der Waals surface area contributed by atoms with E-state index in [1.165, 1.54) is 12.8 Å². The minimum atomic E-state index is -0.387. The van der Waals surface area contributed by atoms with E-state index in [0.717, 1.165) is 34.5 Å². The zero-order chi connectivity index (χ0) is 13.1. The summed E-state index contributed by atoms with van der Waals surface area (Å²) in [5, 5.41) is 10.5. The normalized spacial score (nSPS) is 25.8. The smallest absolute Gasteiger partial charge is 0.119 e. The molecule has 100 valence electrons. The second kappa shape index (κ2) is 6.07. The maximum Gasteiger partial charge on any atom is 0.119 e. The molecule has 2 nitrogen and oxygen atoms in total. The average Bonchev–Trinajstić information content (AvgIpc) is 2.39. The standard InChI is InChI=1S/C15H21BrO2/c1-10-3-5-11(6-4-10)15(17)13-9-12(18-2)7-8-14(13)16/h7-11,15,17H,3-6H2,1-2H3. The van der Waals surface area contributed by atoms with Crippen LogP contribution in [0.5, 0.6) is 5.75 Å². The molecule has 0 bridgehead atoms. The van der Waals surface area contributed by atoms with E-state index >= 15 is 0 Å². The van der Waals surface area contributed by atoms with Crippen molar-refractivity contribution in [2.45, 2.75) is 38.7 Å². The Morgan fingerprint density at radius 3 is 2.56 bits per heavy atom. The first-order valence-corrected chi connectivity index (χ1v) is 7.42. The number of benzene rings is 1. The quantitative estimate of drug-likeness (QED) is 0.900. The van der Waals surface area contributed by atoms with E-state index in [1.807, 2.05) is 18.2 Å². The molecule has 1 aromatic carbocycles. The van der Waals surface area contributed by atoms with Gasteiger partial charge in [-0.05, 0) is 48.4 Å². The molecule has 1 fully saturated rings. The summed E-state index contributed by atoms with van der Waals surface area (Å²) in [6, 6.07) is 5.79. The monoisotopic (exact) mass is 312 g/mol. The topological polar surface area (TPSA) is 29.5 Å². The third-order valence-corrected chi connectivity index (χ3v) is 4.75. The minimum absolute atomic E-state index is 0.379. The molecule has 0 radical (unpaired) electrons. The van der Waals surface area contributed by atoms with E-state index in [9.17, 15) is 5.11 Å². The van der Waals surface area contributed by atoms with Crippen LogP contribution < -0.4 is 4.74 Å². The number of hydrogen-bond acceptors (Lipinski definition) is 2. The van der Waals surface area contributed by atoms with Crippen molar-refractivity contribution < 1.29 is 9.84 Å². The molecule has 0 amide bonds. The zero-order valence-corrected chi connectivity index (χ0v) is 12.6. The SMILES string of the molecule is COc1ccc(Br)c(C(O)C2CCC(C)CC2)c1. The lowest BCUT2D eigenvalue weighted by atomic mass is 9.78. The first kappa shape index (κ1) is 13.9. The molecule has 1 saturated carbocycles. The van der Waals surface area contributed by atoms with Crippen LogP contribution in [0.3, 0.4) is 0 Å². The fraction of sp³-hybridized carbons (Fsp3) is 0.600. The number of methoxy groups -OCH3 is 1. The summed E-state index contributed by atoms with van der Waals surface area (Å²) in [6.07, 6.45) is 4.30. The van der Waals surface area contributed by atoms with Crippen LogP contribution in [0, 0.1) is 11.8 Å². The van der Waals surface area contributed by atoms with E-state index in [0.29, 0.717) is 5.92 Å². The second-order valence-electron chi connectivity index (χ2n) is 5.35. The van der Waals surface area contributed by atoms with Crippen molar-refractivity contribution in [2.75, 3.05) is 7.11 Å². The molecule has 0 aliphatic heterocycles. The molecule has 0 saturated heterocycles. The molecule has 0 aromatic heterocycles. The van der Waals surface area contributed by atoms with Gasteiger partial charge in [-0.25, -0.2) is 0 Å². The van der Waals surface area contributed by atoms with Gasteiger partial charge < -0.3 is 9.84 Å². The number of rotatable bonds is 3. The van der Waals surface area contributed by atoms with Crippen molar-refractivity contribution in [3.63, 3.8) is 0 Å². The summed E-state index contributed by atoms with van der Waals surface area (Å²) >= 11 is 3.52. The molecule has 0 heterocycles. The molecular formula is C15H21BrO2.